The largest absolute Gasteiger partial charge is 0.481 e. The van der Waals surface area contributed by atoms with Crippen molar-refractivity contribution in [2.75, 3.05) is 11.9 Å². The van der Waals surface area contributed by atoms with Crippen LogP contribution in [0.15, 0.2) is 5.38 Å². The molecule has 8 heteroatoms. The molecule has 1 unspecified atom stereocenters. The number of thiazole rings is 1. The van der Waals surface area contributed by atoms with E-state index >= 15 is 0 Å². The number of hydrogen-bond acceptors (Lipinski definition) is 5. The molecule has 0 bridgehead atoms. The van der Waals surface area contributed by atoms with Crippen molar-refractivity contribution in [2.24, 2.45) is 5.92 Å². The van der Waals surface area contributed by atoms with E-state index in [1.54, 1.807) is 5.38 Å². The highest BCUT2D eigenvalue weighted by molar-refractivity contribution is 7.14. The van der Waals surface area contributed by atoms with Crippen molar-refractivity contribution in [2.45, 2.75) is 26.7 Å². The van der Waals surface area contributed by atoms with Crippen molar-refractivity contribution in [1.29, 1.82) is 0 Å². The molecule has 0 radical (unpaired) electrons. The van der Waals surface area contributed by atoms with Crippen LogP contribution in [-0.2, 0) is 9.59 Å². The van der Waals surface area contributed by atoms with E-state index in [0.29, 0.717) is 18.1 Å². The summed E-state index contributed by atoms with van der Waals surface area (Å²) in [6.45, 7) is 3.62. The summed E-state index contributed by atoms with van der Waals surface area (Å²) < 4.78 is 0. The molecule has 0 aliphatic rings. The van der Waals surface area contributed by atoms with Gasteiger partial charge in [-0.05, 0) is 12.3 Å². The molecule has 0 aliphatic carbocycles. The highest BCUT2D eigenvalue weighted by Gasteiger charge is 2.13. The Bertz CT molecular complexity index is 501. The Hall–Kier alpha value is -1.96. The molecule has 0 aliphatic heterocycles. The summed E-state index contributed by atoms with van der Waals surface area (Å²) in [5.74, 6) is -1.35. The van der Waals surface area contributed by atoms with Gasteiger partial charge in [-0.1, -0.05) is 6.92 Å². The minimum atomic E-state index is -0.845. The molecule has 1 atom stereocenters. The number of carboxylic acid groups (broad SMARTS) is 1. The first-order valence-electron chi connectivity index (χ1n) is 6.11. The SMILES string of the molecule is CC(=O)Nc1nc(C(=O)NCC(C)CCC(=O)O)cs1. The lowest BCUT2D eigenvalue weighted by molar-refractivity contribution is -0.137. The average Bonchev–Trinajstić information content (AvgIpc) is 2.81. The number of rotatable bonds is 7. The van der Waals surface area contributed by atoms with Crippen LogP contribution in [0.1, 0.15) is 37.2 Å². The number of aromatic nitrogens is 1. The molecule has 0 spiro atoms. The predicted octanol–water partition coefficient (Wildman–Crippen LogP) is 1.33. The molecule has 2 amide bonds. The fourth-order valence-corrected chi connectivity index (χ4v) is 2.15. The van der Waals surface area contributed by atoms with Crippen LogP contribution in [-0.4, -0.2) is 34.4 Å². The highest BCUT2D eigenvalue weighted by Crippen LogP contribution is 2.15. The highest BCUT2D eigenvalue weighted by atomic mass is 32.1. The standard InChI is InChI=1S/C12H17N3O4S/c1-7(3-4-10(17)18)5-13-11(19)9-6-20-12(15-9)14-8(2)16/h6-7H,3-5H2,1-2H3,(H,13,19)(H,17,18)(H,14,15,16). The van der Waals surface area contributed by atoms with Crippen LogP contribution in [0.2, 0.25) is 0 Å². The van der Waals surface area contributed by atoms with Crippen LogP contribution in [0, 0.1) is 5.92 Å². The molecule has 110 valence electrons. The molecule has 3 N–H and O–H groups in total. The van der Waals surface area contributed by atoms with E-state index in [2.05, 4.69) is 15.6 Å². The van der Waals surface area contributed by atoms with Crippen LogP contribution in [0.5, 0.6) is 0 Å². The molecule has 1 rings (SSSR count). The van der Waals surface area contributed by atoms with Crippen molar-refractivity contribution in [3.8, 4) is 0 Å². The zero-order valence-electron chi connectivity index (χ0n) is 11.3. The summed E-state index contributed by atoms with van der Waals surface area (Å²) in [5, 5.41) is 15.7. The van der Waals surface area contributed by atoms with Crippen LogP contribution in [0.25, 0.3) is 0 Å². The molecule has 1 aromatic rings. The van der Waals surface area contributed by atoms with Gasteiger partial charge in [0.15, 0.2) is 5.13 Å². The fourth-order valence-electron chi connectivity index (χ4n) is 1.42. The summed E-state index contributed by atoms with van der Waals surface area (Å²) >= 11 is 1.17. The Morgan fingerprint density at radius 2 is 2.15 bits per heavy atom. The van der Waals surface area contributed by atoms with E-state index < -0.39 is 5.97 Å². The number of carboxylic acids is 1. The minimum Gasteiger partial charge on any atom is -0.481 e. The van der Waals surface area contributed by atoms with Crippen molar-refractivity contribution >= 4 is 34.3 Å². The molecule has 0 aromatic carbocycles. The van der Waals surface area contributed by atoms with Gasteiger partial charge in [-0.3, -0.25) is 14.4 Å². The Balaban J connectivity index is 2.40. The van der Waals surface area contributed by atoms with Gasteiger partial charge in [0.1, 0.15) is 5.69 Å². The number of amides is 2. The van der Waals surface area contributed by atoms with Crippen LogP contribution < -0.4 is 10.6 Å². The minimum absolute atomic E-state index is 0.0727. The second-order valence-electron chi connectivity index (χ2n) is 4.47. The number of nitrogens with one attached hydrogen (secondary N) is 2. The van der Waals surface area contributed by atoms with E-state index in [1.807, 2.05) is 6.92 Å². The van der Waals surface area contributed by atoms with Gasteiger partial charge in [0.2, 0.25) is 5.91 Å². The van der Waals surface area contributed by atoms with Gasteiger partial charge in [0.05, 0.1) is 0 Å². The molecular weight excluding hydrogens is 282 g/mol. The topological polar surface area (TPSA) is 108 Å². The van der Waals surface area contributed by atoms with Gasteiger partial charge in [0.25, 0.3) is 5.91 Å². The summed E-state index contributed by atoms with van der Waals surface area (Å²) in [6.07, 6.45) is 0.588. The third-order valence-corrected chi connectivity index (χ3v) is 3.24. The number of hydrogen-bond donors (Lipinski definition) is 3. The first-order valence-corrected chi connectivity index (χ1v) is 6.99. The fraction of sp³-hybridized carbons (Fsp3) is 0.500. The Labute approximate surface area is 120 Å². The lowest BCUT2D eigenvalue weighted by Gasteiger charge is -2.10. The van der Waals surface area contributed by atoms with Crippen LogP contribution in [0.3, 0.4) is 0 Å². The Morgan fingerprint density at radius 3 is 2.75 bits per heavy atom. The third-order valence-electron chi connectivity index (χ3n) is 2.48. The molecule has 7 nitrogen and oxygen atoms in total. The van der Waals surface area contributed by atoms with Crippen molar-refractivity contribution in [1.82, 2.24) is 10.3 Å². The maximum atomic E-state index is 11.8. The summed E-state index contributed by atoms with van der Waals surface area (Å²) in [5.41, 5.74) is 0.240. The molecule has 1 heterocycles. The summed E-state index contributed by atoms with van der Waals surface area (Å²) in [4.78, 5) is 37.0. The molecular formula is C12H17N3O4S. The Morgan fingerprint density at radius 1 is 1.45 bits per heavy atom. The van der Waals surface area contributed by atoms with E-state index in [1.165, 1.54) is 18.3 Å². The van der Waals surface area contributed by atoms with Crippen molar-refractivity contribution in [3.63, 3.8) is 0 Å². The number of carbonyl (C=O) groups is 3. The number of carbonyl (C=O) groups excluding carboxylic acids is 2. The monoisotopic (exact) mass is 299 g/mol. The van der Waals surface area contributed by atoms with Crippen LogP contribution in [0.4, 0.5) is 5.13 Å². The van der Waals surface area contributed by atoms with Gasteiger partial charge in [0, 0.05) is 25.3 Å². The lowest BCUT2D eigenvalue weighted by Crippen LogP contribution is -2.28. The van der Waals surface area contributed by atoms with E-state index in [4.69, 9.17) is 5.11 Å². The molecule has 1 aromatic heterocycles. The summed E-state index contributed by atoms with van der Waals surface area (Å²) in [6, 6.07) is 0. The van der Waals surface area contributed by atoms with E-state index in [-0.39, 0.29) is 29.8 Å². The molecule has 0 saturated heterocycles. The first kappa shape index (κ1) is 16.1. The number of nitrogens with zero attached hydrogens (tertiary/aromatic N) is 1. The predicted molar refractivity (Wildman–Crippen MR) is 74.8 cm³/mol. The van der Waals surface area contributed by atoms with E-state index in [0.717, 1.165) is 0 Å². The number of anilines is 1. The molecule has 20 heavy (non-hydrogen) atoms. The van der Waals surface area contributed by atoms with Crippen molar-refractivity contribution < 1.29 is 19.5 Å². The first-order chi connectivity index (χ1) is 9.38. The normalized spacial score (nSPS) is 11.7. The van der Waals surface area contributed by atoms with Gasteiger partial charge >= 0.3 is 5.97 Å². The zero-order chi connectivity index (χ0) is 15.1. The number of aliphatic carboxylic acids is 1. The lowest BCUT2D eigenvalue weighted by atomic mass is 10.1. The maximum absolute atomic E-state index is 11.8. The second-order valence-corrected chi connectivity index (χ2v) is 5.32. The second kappa shape index (κ2) is 7.59. The van der Waals surface area contributed by atoms with E-state index in [9.17, 15) is 14.4 Å². The average molecular weight is 299 g/mol. The summed E-state index contributed by atoms with van der Waals surface area (Å²) in [7, 11) is 0. The molecule has 0 fully saturated rings. The van der Waals surface area contributed by atoms with Gasteiger partial charge in [-0.2, -0.15) is 0 Å². The van der Waals surface area contributed by atoms with Crippen LogP contribution >= 0.6 is 11.3 Å². The Kier molecular flexibility index (Phi) is 6.10. The van der Waals surface area contributed by atoms with Crippen molar-refractivity contribution in [3.05, 3.63) is 11.1 Å². The maximum Gasteiger partial charge on any atom is 0.303 e. The smallest absolute Gasteiger partial charge is 0.303 e. The van der Waals surface area contributed by atoms with Gasteiger partial charge < -0.3 is 15.7 Å². The van der Waals surface area contributed by atoms with Gasteiger partial charge in [-0.25, -0.2) is 4.98 Å². The third kappa shape index (κ3) is 5.79. The quantitative estimate of drug-likeness (QED) is 0.704. The van der Waals surface area contributed by atoms with Gasteiger partial charge in [-0.15, -0.1) is 11.3 Å². The molecule has 0 saturated carbocycles. The zero-order valence-corrected chi connectivity index (χ0v) is 12.1.